The topological polar surface area (TPSA) is 65.3 Å². The first-order valence-corrected chi connectivity index (χ1v) is 6.39. The Hall–Kier alpha value is -1.40. The molecule has 0 spiro atoms. The van der Waals surface area contributed by atoms with Crippen LogP contribution in [0.5, 0.6) is 0 Å². The first kappa shape index (κ1) is 15.7. The number of nitrogens with zero attached hydrogens (tertiary/aromatic N) is 2. The summed E-state index contributed by atoms with van der Waals surface area (Å²) in [6.07, 6.45) is 0. The third-order valence-corrected chi connectivity index (χ3v) is 3.02. The summed E-state index contributed by atoms with van der Waals surface area (Å²) in [5.41, 5.74) is -0.203. The smallest absolute Gasteiger partial charge is 0.330 e. The third kappa shape index (κ3) is 4.04. The highest BCUT2D eigenvalue weighted by atomic mass is 16.5. The minimum absolute atomic E-state index is 0.270. The van der Waals surface area contributed by atoms with Gasteiger partial charge in [0.05, 0.1) is 5.60 Å². The molecular formula is C13H23N3O3. The van der Waals surface area contributed by atoms with E-state index in [0.29, 0.717) is 25.4 Å². The number of nitrogens with one attached hydrogen (secondary N) is 1. The van der Waals surface area contributed by atoms with Crippen LogP contribution in [0.3, 0.4) is 0 Å². The van der Waals surface area contributed by atoms with Crippen LogP contribution in [0.4, 0.5) is 0 Å². The van der Waals surface area contributed by atoms with Crippen LogP contribution in [0, 0.1) is 0 Å². The minimum Gasteiger partial charge on any atom is -0.375 e. The fraction of sp³-hybridized carbons (Fsp3) is 0.692. The van der Waals surface area contributed by atoms with Crippen molar-refractivity contribution in [3.63, 3.8) is 0 Å². The molecule has 6 heteroatoms. The zero-order valence-electron chi connectivity index (χ0n) is 12.3. The van der Waals surface area contributed by atoms with Crippen molar-refractivity contribution < 1.29 is 4.74 Å². The molecule has 0 aliphatic carbocycles. The molecule has 0 unspecified atom stereocenters. The van der Waals surface area contributed by atoms with Gasteiger partial charge in [0, 0.05) is 45.6 Å². The van der Waals surface area contributed by atoms with Gasteiger partial charge in [-0.15, -0.1) is 0 Å². The van der Waals surface area contributed by atoms with Crippen molar-refractivity contribution in [3.05, 3.63) is 32.6 Å². The van der Waals surface area contributed by atoms with Crippen LogP contribution >= 0.6 is 0 Å². The highest BCUT2D eigenvalue weighted by Gasteiger charge is 2.17. The van der Waals surface area contributed by atoms with Crippen LogP contribution in [0.2, 0.25) is 0 Å². The lowest BCUT2D eigenvalue weighted by molar-refractivity contribution is -0.00906. The van der Waals surface area contributed by atoms with Gasteiger partial charge in [-0.05, 0) is 20.8 Å². The van der Waals surface area contributed by atoms with Crippen LogP contribution in [0.25, 0.3) is 0 Å². The molecule has 0 aromatic carbocycles. The van der Waals surface area contributed by atoms with Gasteiger partial charge in [-0.3, -0.25) is 13.9 Å². The summed E-state index contributed by atoms with van der Waals surface area (Å²) in [5, 5.41) is 3.21. The number of hydrogen-bond donors (Lipinski definition) is 1. The lowest BCUT2D eigenvalue weighted by Crippen LogP contribution is -2.41. The molecule has 0 amide bonds. The second-order valence-corrected chi connectivity index (χ2v) is 5.17. The van der Waals surface area contributed by atoms with Gasteiger partial charge in [0.15, 0.2) is 0 Å². The molecule has 0 saturated heterocycles. The van der Waals surface area contributed by atoms with Crippen molar-refractivity contribution in [2.24, 2.45) is 14.1 Å². The van der Waals surface area contributed by atoms with E-state index >= 15 is 0 Å². The lowest BCUT2D eigenvalue weighted by Gasteiger charge is -2.25. The van der Waals surface area contributed by atoms with E-state index in [4.69, 9.17) is 4.74 Å². The number of rotatable bonds is 6. The van der Waals surface area contributed by atoms with Gasteiger partial charge in [-0.25, -0.2) is 4.79 Å². The molecule has 6 nitrogen and oxygen atoms in total. The monoisotopic (exact) mass is 269 g/mol. The quantitative estimate of drug-likeness (QED) is 0.789. The highest BCUT2D eigenvalue weighted by molar-refractivity contribution is 5.02. The number of aromatic nitrogens is 2. The average molecular weight is 269 g/mol. The van der Waals surface area contributed by atoms with Crippen molar-refractivity contribution in [1.82, 2.24) is 14.5 Å². The second-order valence-electron chi connectivity index (χ2n) is 5.17. The Bertz CT molecular complexity index is 543. The van der Waals surface area contributed by atoms with E-state index in [2.05, 4.69) is 5.32 Å². The molecular weight excluding hydrogens is 246 g/mol. The SMILES string of the molecule is CCOC(C)(C)CNCc1cc(=O)n(C)c(=O)n1C. The largest absolute Gasteiger partial charge is 0.375 e. The Labute approximate surface area is 113 Å². The molecule has 0 fully saturated rings. The maximum Gasteiger partial charge on any atom is 0.330 e. The molecule has 0 radical (unpaired) electrons. The first-order valence-electron chi connectivity index (χ1n) is 6.39. The predicted molar refractivity (Wildman–Crippen MR) is 74.3 cm³/mol. The summed E-state index contributed by atoms with van der Waals surface area (Å²) in [6, 6.07) is 1.47. The average Bonchev–Trinajstić information content (AvgIpc) is 2.32. The fourth-order valence-corrected chi connectivity index (χ4v) is 1.88. The third-order valence-electron chi connectivity index (χ3n) is 3.02. The first-order chi connectivity index (χ1) is 8.78. The lowest BCUT2D eigenvalue weighted by atomic mass is 10.1. The van der Waals surface area contributed by atoms with Gasteiger partial charge in [-0.2, -0.15) is 0 Å². The predicted octanol–water partition coefficient (Wildman–Crippen LogP) is -0.0113. The van der Waals surface area contributed by atoms with Crippen molar-refractivity contribution in [1.29, 1.82) is 0 Å². The summed E-state index contributed by atoms with van der Waals surface area (Å²) in [5.74, 6) is 0. The van der Waals surface area contributed by atoms with Crippen LogP contribution in [0.15, 0.2) is 15.7 Å². The normalized spacial score (nSPS) is 11.8. The van der Waals surface area contributed by atoms with Crippen LogP contribution in [0.1, 0.15) is 26.5 Å². The van der Waals surface area contributed by atoms with E-state index in [1.54, 1.807) is 7.05 Å². The van der Waals surface area contributed by atoms with Crippen LogP contribution in [-0.2, 0) is 25.4 Å². The van der Waals surface area contributed by atoms with E-state index in [0.717, 1.165) is 4.57 Å². The van der Waals surface area contributed by atoms with Gasteiger partial charge in [0.1, 0.15) is 0 Å². The Morgan fingerprint density at radius 1 is 1.26 bits per heavy atom. The van der Waals surface area contributed by atoms with Crippen molar-refractivity contribution in [3.8, 4) is 0 Å². The summed E-state index contributed by atoms with van der Waals surface area (Å²) in [7, 11) is 3.13. The molecule has 0 aliphatic rings. The van der Waals surface area contributed by atoms with E-state index in [1.807, 2.05) is 20.8 Å². The summed E-state index contributed by atoms with van der Waals surface area (Å²) in [6.45, 7) is 7.69. The van der Waals surface area contributed by atoms with Gasteiger partial charge < -0.3 is 10.1 Å². The van der Waals surface area contributed by atoms with Gasteiger partial charge >= 0.3 is 5.69 Å². The van der Waals surface area contributed by atoms with Crippen molar-refractivity contribution in [2.75, 3.05) is 13.2 Å². The van der Waals surface area contributed by atoms with E-state index < -0.39 is 0 Å². The standard InChI is InChI=1S/C13H23N3O3/c1-6-19-13(2,3)9-14-8-10-7-11(17)16(5)12(18)15(10)4/h7,14H,6,8-9H2,1-5H3. The van der Waals surface area contributed by atoms with Crippen LogP contribution in [-0.4, -0.2) is 27.9 Å². The summed E-state index contributed by atoms with van der Waals surface area (Å²) >= 11 is 0. The van der Waals surface area contributed by atoms with E-state index in [1.165, 1.54) is 17.7 Å². The molecule has 0 bridgehead atoms. The van der Waals surface area contributed by atoms with Gasteiger partial charge in [0.25, 0.3) is 5.56 Å². The van der Waals surface area contributed by atoms with E-state index in [9.17, 15) is 9.59 Å². The molecule has 1 aromatic rings. The molecule has 1 N–H and O–H groups in total. The molecule has 1 rings (SSSR count). The van der Waals surface area contributed by atoms with Gasteiger partial charge in [-0.1, -0.05) is 0 Å². The van der Waals surface area contributed by atoms with Gasteiger partial charge in [0.2, 0.25) is 0 Å². The number of ether oxygens (including phenoxy) is 1. The zero-order chi connectivity index (χ0) is 14.6. The maximum atomic E-state index is 11.7. The second kappa shape index (κ2) is 6.16. The van der Waals surface area contributed by atoms with Crippen molar-refractivity contribution in [2.45, 2.75) is 32.9 Å². The zero-order valence-corrected chi connectivity index (χ0v) is 12.3. The molecule has 0 saturated carbocycles. The Kier molecular flexibility index (Phi) is 5.08. The molecule has 0 aliphatic heterocycles. The molecule has 1 aromatic heterocycles. The Morgan fingerprint density at radius 3 is 2.47 bits per heavy atom. The summed E-state index contributed by atoms with van der Waals surface area (Å²) in [4.78, 5) is 23.3. The Balaban J connectivity index is 2.75. The highest BCUT2D eigenvalue weighted by Crippen LogP contribution is 2.07. The van der Waals surface area contributed by atoms with Crippen molar-refractivity contribution >= 4 is 0 Å². The van der Waals surface area contributed by atoms with Crippen LogP contribution < -0.4 is 16.6 Å². The number of hydrogen-bond acceptors (Lipinski definition) is 4. The minimum atomic E-state index is -0.312. The Morgan fingerprint density at radius 2 is 1.89 bits per heavy atom. The molecule has 19 heavy (non-hydrogen) atoms. The maximum absolute atomic E-state index is 11.7. The molecule has 108 valence electrons. The fourth-order valence-electron chi connectivity index (χ4n) is 1.88. The summed E-state index contributed by atoms with van der Waals surface area (Å²) < 4.78 is 8.13. The molecule has 0 atom stereocenters. The van der Waals surface area contributed by atoms with E-state index in [-0.39, 0.29) is 16.9 Å². The molecule has 1 heterocycles.